The maximum atomic E-state index is 6.24. The van der Waals surface area contributed by atoms with Gasteiger partial charge in [-0.1, -0.05) is 59.6 Å². The highest BCUT2D eigenvalue weighted by atomic mass is 79.9. The fraction of sp³-hybridized carbons (Fsp3) is 0.0952. The maximum absolute atomic E-state index is 6.24. The molecular formula is C21H17BrCl2N6S. The van der Waals surface area contributed by atoms with Gasteiger partial charge in [-0.25, -0.2) is 0 Å². The highest BCUT2D eigenvalue weighted by Crippen LogP contribution is 2.23. The first-order valence-electron chi connectivity index (χ1n) is 9.29. The molecule has 2 aromatic carbocycles. The molecule has 0 saturated carbocycles. The average Bonchev–Trinajstić information content (AvgIpc) is 3.31. The fourth-order valence-corrected chi connectivity index (χ4v) is 3.94. The highest BCUT2D eigenvalue weighted by molar-refractivity contribution is 9.10. The number of thiocarbonyl (C=S) groups is 1. The molecule has 2 heterocycles. The zero-order chi connectivity index (χ0) is 21.8. The van der Waals surface area contributed by atoms with Crippen LogP contribution in [0.25, 0.3) is 0 Å². The summed E-state index contributed by atoms with van der Waals surface area (Å²) in [5.74, 6) is 1.22. The molecule has 31 heavy (non-hydrogen) atoms. The van der Waals surface area contributed by atoms with Crippen LogP contribution in [0.1, 0.15) is 11.1 Å². The fourth-order valence-electron chi connectivity index (χ4n) is 2.94. The molecule has 0 aliphatic carbocycles. The number of halogens is 3. The zero-order valence-corrected chi connectivity index (χ0v) is 20.0. The normalized spacial score (nSPS) is 10.8. The van der Waals surface area contributed by atoms with Gasteiger partial charge in [0.05, 0.1) is 17.6 Å². The molecule has 0 aliphatic heterocycles. The lowest BCUT2D eigenvalue weighted by Crippen LogP contribution is -2.20. The first-order valence-corrected chi connectivity index (χ1v) is 11.2. The topological polar surface area (TPSA) is 59.7 Å². The molecule has 0 atom stereocenters. The number of nitrogens with zero attached hydrogens (tertiary/aromatic N) is 4. The number of hydrogen-bond donors (Lipinski definition) is 2. The van der Waals surface area contributed by atoms with Crippen LogP contribution in [0.15, 0.2) is 71.5 Å². The molecule has 0 saturated heterocycles. The molecule has 10 heteroatoms. The third-order valence-electron chi connectivity index (χ3n) is 4.41. The van der Waals surface area contributed by atoms with Gasteiger partial charge in [0.2, 0.25) is 0 Å². The third-order valence-corrected chi connectivity index (χ3v) is 5.93. The van der Waals surface area contributed by atoms with E-state index in [4.69, 9.17) is 35.4 Å². The highest BCUT2D eigenvalue weighted by Gasteiger charge is 2.11. The van der Waals surface area contributed by atoms with E-state index in [1.807, 2.05) is 67.0 Å². The summed E-state index contributed by atoms with van der Waals surface area (Å²) in [6.45, 7) is 1.12. The lowest BCUT2D eigenvalue weighted by Gasteiger charge is -2.07. The van der Waals surface area contributed by atoms with E-state index in [0.717, 1.165) is 15.6 Å². The van der Waals surface area contributed by atoms with E-state index in [0.29, 0.717) is 39.9 Å². The minimum absolute atomic E-state index is 0.381. The van der Waals surface area contributed by atoms with Crippen LogP contribution in [0.5, 0.6) is 0 Å². The second kappa shape index (κ2) is 9.82. The van der Waals surface area contributed by atoms with E-state index in [-0.39, 0.29) is 0 Å². The molecular weight excluding hydrogens is 519 g/mol. The Balaban J connectivity index is 1.37. The molecule has 0 amide bonds. The van der Waals surface area contributed by atoms with Crippen molar-refractivity contribution in [1.29, 1.82) is 0 Å². The molecule has 0 fully saturated rings. The quantitative estimate of drug-likeness (QED) is 0.294. The minimum Gasteiger partial charge on any atom is -0.316 e. The molecule has 0 aliphatic rings. The van der Waals surface area contributed by atoms with Crippen molar-refractivity contribution in [2.75, 3.05) is 10.6 Å². The Labute approximate surface area is 203 Å². The van der Waals surface area contributed by atoms with Crippen LogP contribution >= 0.6 is 51.3 Å². The largest absolute Gasteiger partial charge is 0.316 e. The summed E-state index contributed by atoms with van der Waals surface area (Å²) in [7, 11) is 0. The van der Waals surface area contributed by atoms with Gasteiger partial charge < -0.3 is 10.6 Å². The number of aromatic nitrogens is 4. The smallest absolute Gasteiger partial charge is 0.177 e. The van der Waals surface area contributed by atoms with Crippen LogP contribution in [0.2, 0.25) is 10.0 Å². The molecule has 2 aromatic heterocycles. The molecule has 4 rings (SSSR count). The number of rotatable bonds is 6. The monoisotopic (exact) mass is 534 g/mol. The molecule has 0 spiro atoms. The summed E-state index contributed by atoms with van der Waals surface area (Å²) < 4.78 is 4.36. The van der Waals surface area contributed by atoms with Crippen LogP contribution in [-0.2, 0) is 13.1 Å². The van der Waals surface area contributed by atoms with Gasteiger partial charge in [0.1, 0.15) is 0 Å². The summed E-state index contributed by atoms with van der Waals surface area (Å²) in [5.41, 5.74) is 1.97. The third kappa shape index (κ3) is 5.65. The second-order valence-corrected chi connectivity index (χ2v) is 8.76. The van der Waals surface area contributed by atoms with Crippen molar-refractivity contribution in [2.45, 2.75) is 13.1 Å². The van der Waals surface area contributed by atoms with E-state index in [1.54, 1.807) is 9.36 Å². The summed E-state index contributed by atoms with van der Waals surface area (Å²) in [6.07, 6.45) is 3.73. The van der Waals surface area contributed by atoms with Crippen molar-refractivity contribution in [3.05, 3.63) is 92.6 Å². The Bertz CT molecular complexity index is 1220. The SMILES string of the molecule is S=C(Nc1ccn(Cc2ccccc2Cl)n1)Nc1nn(Cc2ccccc2Cl)cc1Br. The zero-order valence-electron chi connectivity index (χ0n) is 16.1. The Hall–Kier alpha value is -2.39. The van der Waals surface area contributed by atoms with Crippen LogP contribution < -0.4 is 10.6 Å². The van der Waals surface area contributed by atoms with Crippen molar-refractivity contribution in [3.63, 3.8) is 0 Å². The molecule has 0 bridgehead atoms. The van der Waals surface area contributed by atoms with E-state index in [9.17, 15) is 0 Å². The molecule has 0 radical (unpaired) electrons. The van der Waals surface area contributed by atoms with Crippen molar-refractivity contribution in [2.24, 2.45) is 0 Å². The van der Waals surface area contributed by atoms with Gasteiger partial charge in [0.25, 0.3) is 0 Å². The Morgan fingerprint density at radius 1 is 0.871 bits per heavy atom. The lowest BCUT2D eigenvalue weighted by molar-refractivity contribution is 0.689. The van der Waals surface area contributed by atoms with Crippen LogP contribution in [-0.4, -0.2) is 24.7 Å². The van der Waals surface area contributed by atoms with Crippen LogP contribution in [0.3, 0.4) is 0 Å². The standard InChI is InChI=1S/C21H17BrCl2N6S/c22-16-13-30(12-15-6-2-4-8-18(15)24)28-20(16)26-21(31)25-19-9-10-29(27-19)11-14-5-1-3-7-17(14)23/h1-10,13H,11-12H2,(H2,25,26,27,28,31). The van der Waals surface area contributed by atoms with E-state index in [1.165, 1.54) is 0 Å². The van der Waals surface area contributed by atoms with Crippen LogP contribution in [0.4, 0.5) is 11.6 Å². The molecule has 158 valence electrons. The van der Waals surface area contributed by atoms with Crippen molar-refractivity contribution in [3.8, 4) is 0 Å². The van der Waals surface area contributed by atoms with Crippen LogP contribution in [0, 0.1) is 0 Å². The number of hydrogen-bond acceptors (Lipinski definition) is 3. The number of nitrogens with one attached hydrogen (secondary N) is 2. The van der Waals surface area contributed by atoms with Gasteiger partial charge in [0.15, 0.2) is 16.7 Å². The second-order valence-electron chi connectivity index (χ2n) is 6.68. The van der Waals surface area contributed by atoms with E-state index in [2.05, 4.69) is 36.8 Å². The van der Waals surface area contributed by atoms with Crippen molar-refractivity contribution in [1.82, 2.24) is 19.6 Å². The Morgan fingerprint density at radius 3 is 2.13 bits per heavy atom. The first kappa shape index (κ1) is 21.8. The van der Waals surface area contributed by atoms with Gasteiger partial charge in [-0.05, 0) is 51.4 Å². The maximum Gasteiger partial charge on any atom is 0.177 e. The predicted octanol–water partition coefficient (Wildman–Crippen LogP) is 6.05. The van der Waals surface area contributed by atoms with Gasteiger partial charge in [-0.3, -0.25) is 9.36 Å². The first-order chi connectivity index (χ1) is 15.0. The summed E-state index contributed by atoms with van der Waals surface area (Å²) in [6, 6.07) is 17.2. The molecule has 0 unspecified atom stereocenters. The average molecular weight is 536 g/mol. The summed E-state index contributed by atoms with van der Waals surface area (Å²) in [5, 5.41) is 17.0. The Morgan fingerprint density at radius 2 is 1.48 bits per heavy atom. The summed E-state index contributed by atoms with van der Waals surface area (Å²) >= 11 is 21.4. The predicted molar refractivity (Wildman–Crippen MR) is 133 cm³/mol. The van der Waals surface area contributed by atoms with Gasteiger partial charge in [-0.2, -0.15) is 10.2 Å². The number of benzene rings is 2. The molecule has 2 N–H and O–H groups in total. The van der Waals surface area contributed by atoms with Gasteiger partial charge in [0, 0.05) is 28.5 Å². The lowest BCUT2D eigenvalue weighted by atomic mass is 10.2. The van der Waals surface area contributed by atoms with Gasteiger partial charge >= 0.3 is 0 Å². The minimum atomic E-state index is 0.381. The summed E-state index contributed by atoms with van der Waals surface area (Å²) in [4.78, 5) is 0. The van der Waals surface area contributed by atoms with Crippen molar-refractivity contribution >= 4 is 68.1 Å². The number of anilines is 2. The van der Waals surface area contributed by atoms with E-state index < -0.39 is 0 Å². The Kier molecular flexibility index (Phi) is 6.92. The van der Waals surface area contributed by atoms with Crippen molar-refractivity contribution < 1.29 is 0 Å². The molecule has 4 aromatic rings. The van der Waals surface area contributed by atoms with Gasteiger partial charge in [-0.15, -0.1) is 0 Å². The van der Waals surface area contributed by atoms with E-state index >= 15 is 0 Å². The molecule has 6 nitrogen and oxygen atoms in total.